The molecule has 2 rings (SSSR count). The summed E-state index contributed by atoms with van der Waals surface area (Å²) in [5.41, 5.74) is -0.567. The number of rotatable bonds is 4. The molecule has 0 aromatic heterocycles. The van der Waals surface area contributed by atoms with Crippen molar-refractivity contribution < 1.29 is 14.3 Å². The molecule has 1 saturated carbocycles. The van der Waals surface area contributed by atoms with Gasteiger partial charge in [-0.15, -0.1) is 0 Å². The van der Waals surface area contributed by atoms with Gasteiger partial charge in [-0.2, -0.15) is 5.26 Å². The third-order valence-electron chi connectivity index (χ3n) is 5.29. The number of carbonyl (C=O) groups is 2. The van der Waals surface area contributed by atoms with E-state index in [-0.39, 0.29) is 30.3 Å². The zero-order valence-corrected chi connectivity index (χ0v) is 16.4. The second kappa shape index (κ2) is 9.25. The number of hydrogen-bond donors (Lipinski definition) is 1. The first-order valence-corrected chi connectivity index (χ1v) is 9.99. The Labute approximate surface area is 157 Å². The molecule has 2 aliphatic rings. The van der Waals surface area contributed by atoms with Crippen LogP contribution in [0.25, 0.3) is 0 Å². The van der Waals surface area contributed by atoms with E-state index < -0.39 is 11.7 Å². The molecule has 0 bridgehead atoms. The minimum atomic E-state index is -0.567. The van der Waals surface area contributed by atoms with Crippen molar-refractivity contribution in [2.75, 3.05) is 6.54 Å². The van der Waals surface area contributed by atoms with Crippen molar-refractivity contribution in [1.82, 2.24) is 10.2 Å². The fourth-order valence-corrected chi connectivity index (χ4v) is 4.01. The summed E-state index contributed by atoms with van der Waals surface area (Å²) in [5.74, 6) is 0.261. The van der Waals surface area contributed by atoms with Crippen molar-refractivity contribution in [2.24, 2.45) is 5.92 Å². The fraction of sp³-hybridized carbons (Fsp3) is 0.850. The van der Waals surface area contributed by atoms with Crippen LogP contribution in [0, 0.1) is 17.2 Å². The third kappa shape index (κ3) is 6.19. The SMILES string of the molecule is CC(C)(C)OC(=O)NC(CC(=O)N1CCC[C@H]1C#N)C1CCCCCC1. The molecule has 1 aliphatic heterocycles. The first kappa shape index (κ1) is 20.5. The van der Waals surface area contributed by atoms with E-state index in [0.717, 1.165) is 38.5 Å². The van der Waals surface area contributed by atoms with Crippen LogP contribution in [-0.4, -0.2) is 41.1 Å². The molecule has 1 N–H and O–H groups in total. The van der Waals surface area contributed by atoms with Gasteiger partial charge >= 0.3 is 6.09 Å². The van der Waals surface area contributed by atoms with Crippen LogP contribution >= 0.6 is 0 Å². The largest absolute Gasteiger partial charge is 0.444 e. The molecule has 1 aliphatic carbocycles. The van der Waals surface area contributed by atoms with Gasteiger partial charge in [-0.25, -0.2) is 4.79 Å². The van der Waals surface area contributed by atoms with Crippen LogP contribution in [-0.2, 0) is 9.53 Å². The third-order valence-corrected chi connectivity index (χ3v) is 5.29. The van der Waals surface area contributed by atoms with Gasteiger partial charge in [0.1, 0.15) is 11.6 Å². The second-order valence-electron chi connectivity index (χ2n) is 8.58. The van der Waals surface area contributed by atoms with Crippen LogP contribution in [0.3, 0.4) is 0 Å². The Morgan fingerprint density at radius 1 is 1.15 bits per heavy atom. The average molecular weight is 364 g/mol. The number of nitriles is 1. The van der Waals surface area contributed by atoms with E-state index in [9.17, 15) is 14.9 Å². The lowest BCUT2D eigenvalue weighted by Gasteiger charge is -2.30. The van der Waals surface area contributed by atoms with Crippen LogP contribution in [0.4, 0.5) is 4.79 Å². The maximum atomic E-state index is 12.8. The Morgan fingerprint density at radius 2 is 1.81 bits per heavy atom. The van der Waals surface area contributed by atoms with Crippen LogP contribution in [0.5, 0.6) is 0 Å². The molecule has 26 heavy (non-hydrogen) atoms. The first-order valence-electron chi connectivity index (χ1n) is 9.99. The van der Waals surface area contributed by atoms with Crippen LogP contribution < -0.4 is 5.32 Å². The van der Waals surface area contributed by atoms with Gasteiger partial charge in [0.05, 0.1) is 6.07 Å². The van der Waals surface area contributed by atoms with Gasteiger partial charge in [0, 0.05) is 19.0 Å². The Morgan fingerprint density at radius 3 is 2.38 bits per heavy atom. The van der Waals surface area contributed by atoms with E-state index in [1.807, 2.05) is 20.8 Å². The van der Waals surface area contributed by atoms with Gasteiger partial charge in [-0.3, -0.25) is 4.79 Å². The van der Waals surface area contributed by atoms with E-state index >= 15 is 0 Å². The zero-order chi connectivity index (χ0) is 19.2. The maximum Gasteiger partial charge on any atom is 0.407 e. The number of nitrogens with one attached hydrogen (secondary N) is 1. The molecule has 146 valence electrons. The van der Waals surface area contributed by atoms with Crippen molar-refractivity contribution in [3.63, 3.8) is 0 Å². The Hall–Kier alpha value is -1.77. The summed E-state index contributed by atoms with van der Waals surface area (Å²) in [7, 11) is 0. The lowest BCUT2D eigenvalue weighted by molar-refractivity contribution is -0.132. The normalized spacial score (nSPS) is 23.0. The second-order valence-corrected chi connectivity index (χ2v) is 8.58. The van der Waals surface area contributed by atoms with Gasteiger partial charge in [0.2, 0.25) is 5.91 Å². The Balaban J connectivity index is 2.05. The fourth-order valence-electron chi connectivity index (χ4n) is 4.01. The van der Waals surface area contributed by atoms with Gasteiger partial charge in [0.25, 0.3) is 0 Å². The molecule has 2 amide bonds. The minimum absolute atomic E-state index is 0.0284. The summed E-state index contributed by atoms with van der Waals surface area (Å²) in [6.07, 6.45) is 8.16. The number of nitrogens with zero attached hydrogens (tertiary/aromatic N) is 2. The molecular weight excluding hydrogens is 330 g/mol. The molecule has 0 radical (unpaired) electrons. The van der Waals surface area contributed by atoms with E-state index in [0.29, 0.717) is 6.54 Å². The number of alkyl carbamates (subject to hydrolysis) is 1. The number of likely N-dealkylation sites (tertiary alicyclic amines) is 1. The van der Waals surface area contributed by atoms with E-state index in [1.54, 1.807) is 4.90 Å². The highest BCUT2D eigenvalue weighted by Gasteiger charge is 2.33. The smallest absolute Gasteiger partial charge is 0.407 e. The summed E-state index contributed by atoms with van der Waals surface area (Å²) in [6.45, 7) is 6.14. The average Bonchev–Trinajstić information content (AvgIpc) is 2.86. The van der Waals surface area contributed by atoms with Crippen molar-refractivity contribution >= 4 is 12.0 Å². The highest BCUT2D eigenvalue weighted by Crippen LogP contribution is 2.28. The van der Waals surface area contributed by atoms with Gasteiger partial charge in [0.15, 0.2) is 0 Å². The lowest BCUT2D eigenvalue weighted by Crippen LogP contribution is -2.47. The van der Waals surface area contributed by atoms with Crippen LogP contribution in [0.2, 0.25) is 0 Å². The molecule has 1 unspecified atom stereocenters. The number of amides is 2. The molecule has 1 saturated heterocycles. The van der Waals surface area contributed by atoms with Crippen molar-refractivity contribution in [3.8, 4) is 6.07 Å². The van der Waals surface area contributed by atoms with Gasteiger partial charge in [-0.05, 0) is 52.4 Å². The quantitative estimate of drug-likeness (QED) is 0.771. The summed E-state index contributed by atoms with van der Waals surface area (Å²) >= 11 is 0. The van der Waals surface area contributed by atoms with Crippen molar-refractivity contribution in [1.29, 1.82) is 5.26 Å². The molecule has 0 aromatic carbocycles. The van der Waals surface area contributed by atoms with Crippen molar-refractivity contribution in [2.45, 2.75) is 96.2 Å². The highest BCUT2D eigenvalue weighted by molar-refractivity contribution is 5.79. The van der Waals surface area contributed by atoms with Crippen molar-refractivity contribution in [3.05, 3.63) is 0 Å². The predicted octanol–water partition coefficient (Wildman–Crippen LogP) is 3.75. The first-order chi connectivity index (χ1) is 12.3. The Bertz CT molecular complexity index is 527. The molecule has 6 nitrogen and oxygen atoms in total. The van der Waals surface area contributed by atoms with Gasteiger partial charge < -0.3 is 15.0 Å². The highest BCUT2D eigenvalue weighted by atomic mass is 16.6. The van der Waals surface area contributed by atoms with Gasteiger partial charge in [-0.1, -0.05) is 25.7 Å². The van der Waals surface area contributed by atoms with Crippen LogP contribution in [0.15, 0.2) is 0 Å². The molecule has 0 aromatic rings. The van der Waals surface area contributed by atoms with E-state index in [1.165, 1.54) is 12.8 Å². The minimum Gasteiger partial charge on any atom is -0.444 e. The molecule has 6 heteroatoms. The lowest BCUT2D eigenvalue weighted by atomic mass is 9.89. The molecular formula is C20H33N3O3. The van der Waals surface area contributed by atoms with E-state index in [2.05, 4.69) is 11.4 Å². The summed E-state index contributed by atoms with van der Waals surface area (Å²) in [5, 5.41) is 12.2. The maximum absolute atomic E-state index is 12.8. The molecule has 2 fully saturated rings. The number of hydrogen-bond acceptors (Lipinski definition) is 4. The summed E-state index contributed by atoms with van der Waals surface area (Å²) in [6, 6.07) is 1.68. The Kier molecular flexibility index (Phi) is 7.31. The van der Waals surface area contributed by atoms with Crippen LogP contribution in [0.1, 0.15) is 78.6 Å². The monoisotopic (exact) mass is 363 g/mol. The summed E-state index contributed by atoms with van der Waals surface area (Å²) in [4.78, 5) is 26.8. The predicted molar refractivity (Wildman–Crippen MR) is 99.3 cm³/mol. The summed E-state index contributed by atoms with van der Waals surface area (Å²) < 4.78 is 5.41. The topological polar surface area (TPSA) is 82.4 Å². The molecule has 1 heterocycles. The number of carbonyl (C=O) groups excluding carboxylic acids is 2. The number of ether oxygens (including phenoxy) is 1. The molecule has 2 atom stereocenters. The van der Waals surface area contributed by atoms with E-state index in [4.69, 9.17) is 4.74 Å². The standard InChI is InChI=1S/C20H33N3O3/c1-20(2,3)26-19(25)22-17(15-9-6-4-5-7-10-15)13-18(24)23-12-8-11-16(23)14-21/h15-17H,4-13H2,1-3H3,(H,22,25)/t16-,17?/m0/s1. The molecule has 0 spiro atoms. The zero-order valence-electron chi connectivity index (χ0n) is 16.4.